The molecule has 0 aromatic heterocycles. The summed E-state index contributed by atoms with van der Waals surface area (Å²) in [4.78, 5) is 10.0. The molecule has 0 aromatic rings. The number of unbranched alkanes of at least 4 members (excludes halogenated alkanes) is 3. The maximum atomic E-state index is 10.0. The van der Waals surface area contributed by atoms with Crippen LogP contribution in [0.4, 0.5) is 0 Å². The van der Waals surface area contributed by atoms with E-state index in [-0.39, 0.29) is 0 Å². The molecule has 2 N–H and O–H groups in total. The number of hydrogen-bond acceptors (Lipinski definition) is 2. The van der Waals surface area contributed by atoms with Crippen molar-refractivity contribution in [3.8, 4) is 0 Å². The number of carboxylic acids is 1. The summed E-state index contributed by atoms with van der Waals surface area (Å²) in [5.41, 5.74) is 0. The van der Waals surface area contributed by atoms with E-state index in [0.717, 1.165) is 19.3 Å². The summed E-state index contributed by atoms with van der Waals surface area (Å²) < 4.78 is 0. The van der Waals surface area contributed by atoms with Crippen LogP contribution in [0.15, 0.2) is 0 Å². The van der Waals surface area contributed by atoms with Gasteiger partial charge in [-0.2, -0.15) is 0 Å². The van der Waals surface area contributed by atoms with Crippen LogP contribution in [0.5, 0.6) is 0 Å². The first-order valence-electron chi connectivity index (χ1n) is 7.97. The molecule has 0 spiro atoms. The second-order valence-corrected chi connectivity index (χ2v) is 5.49. The topological polar surface area (TPSA) is 49.3 Å². The molecule has 0 aliphatic rings. The van der Waals surface area contributed by atoms with Gasteiger partial charge in [0.25, 0.3) is 0 Å². The Bertz CT molecular complexity index is 176. The molecule has 0 heterocycles. The zero-order valence-electron chi connectivity index (χ0n) is 13.5. The molecule has 0 rings (SSSR count). The van der Waals surface area contributed by atoms with Crippen molar-refractivity contribution in [3.63, 3.8) is 0 Å². The molecule has 116 valence electrons. The fourth-order valence-electron chi connectivity index (χ4n) is 1.56. The van der Waals surface area contributed by atoms with Gasteiger partial charge >= 0.3 is 5.97 Å². The van der Waals surface area contributed by atoms with Gasteiger partial charge < -0.3 is 10.4 Å². The summed E-state index contributed by atoms with van der Waals surface area (Å²) in [7, 11) is 0. The number of nitrogens with one attached hydrogen (secondary N) is 1. The van der Waals surface area contributed by atoms with E-state index in [1.807, 2.05) is 0 Å². The largest absolute Gasteiger partial charge is 0.481 e. The van der Waals surface area contributed by atoms with Crippen LogP contribution < -0.4 is 5.32 Å². The Morgan fingerprint density at radius 2 is 1.53 bits per heavy atom. The first kappa shape index (κ1) is 20.7. The van der Waals surface area contributed by atoms with Crippen molar-refractivity contribution >= 4 is 5.97 Å². The molecule has 0 aliphatic carbocycles. The normalized spacial score (nSPS) is 10.2. The first-order chi connectivity index (χ1) is 9.04. The molecule has 19 heavy (non-hydrogen) atoms. The molecule has 3 heteroatoms. The Morgan fingerprint density at radius 3 is 1.89 bits per heavy atom. The fourth-order valence-corrected chi connectivity index (χ4v) is 1.56. The third-order valence-electron chi connectivity index (χ3n) is 2.84. The Morgan fingerprint density at radius 1 is 1.00 bits per heavy atom. The maximum absolute atomic E-state index is 10.0. The average molecular weight is 273 g/mol. The Balaban J connectivity index is 0. The summed E-state index contributed by atoms with van der Waals surface area (Å²) >= 11 is 0. The van der Waals surface area contributed by atoms with Crippen LogP contribution in [0.2, 0.25) is 0 Å². The lowest BCUT2D eigenvalue weighted by Gasteiger charge is -2.01. The highest BCUT2D eigenvalue weighted by Gasteiger charge is 1.97. The van der Waals surface area contributed by atoms with Crippen LogP contribution in [-0.4, -0.2) is 24.2 Å². The Kier molecular flexibility index (Phi) is 19.0. The van der Waals surface area contributed by atoms with E-state index in [4.69, 9.17) is 5.11 Å². The van der Waals surface area contributed by atoms with E-state index in [9.17, 15) is 4.79 Å². The minimum atomic E-state index is -0.677. The Labute approximate surface area is 120 Å². The summed E-state index contributed by atoms with van der Waals surface area (Å²) in [5, 5.41) is 11.7. The van der Waals surface area contributed by atoms with Gasteiger partial charge in [-0.1, -0.05) is 53.4 Å². The highest BCUT2D eigenvalue weighted by molar-refractivity contribution is 5.66. The zero-order chi connectivity index (χ0) is 14.9. The van der Waals surface area contributed by atoms with Gasteiger partial charge in [-0.15, -0.1) is 0 Å². The molecule has 3 nitrogen and oxygen atoms in total. The first-order valence-corrected chi connectivity index (χ1v) is 7.97. The second-order valence-electron chi connectivity index (χ2n) is 5.49. The van der Waals surface area contributed by atoms with Gasteiger partial charge in [0.1, 0.15) is 0 Å². The molecular weight excluding hydrogens is 238 g/mol. The van der Waals surface area contributed by atoms with Gasteiger partial charge in [-0.05, 0) is 38.3 Å². The van der Waals surface area contributed by atoms with Crippen molar-refractivity contribution in [2.45, 2.75) is 79.1 Å². The van der Waals surface area contributed by atoms with Gasteiger partial charge in [-0.25, -0.2) is 0 Å². The molecule has 0 fully saturated rings. The quantitative estimate of drug-likeness (QED) is 0.546. The SMILES string of the molecule is CC(C)CCCCC(=O)O.CCCCNCCCC. The van der Waals surface area contributed by atoms with Crippen molar-refractivity contribution in [2.24, 2.45) is 5.92 Å². The second kappa shape index (κ2) is 17.4. The number of rotatable bonds is 11. The molecule has 0 radical (unpaired) electrons. The molecular formula is C16H35NO2. The molecule has 0 aromatic carbocycles. The van der Waals surface area contributed by atoms with E-state index in [0.29, 0.717) is 12.3 Å². The van der Waals surface area contributed by atoms with E-state index in [2.05, 4.69) is 33.0 Å². The number of hydrogen-bond donors (Lipinski definition) is 2. The highest BCUT2D eigenvalue weighted by atomic mass is 16.4. The van der Waals surface area contributed by atoms with Gasteiger partial charge in [-0.3, -0.25) is 4.79 Å². The van der Waals surface area contributed by atoms with Crippen LogP contribution in [0.3, 0.4) is 0 Å². The third kappa shape index (κ3) is 26.9. The molecule has 0 bridgehead atoms. The van der Waals surface area contributed by atoms with E-state index in [1.54, 1.807) is 0 Å². The number of carboxylic acid groups (broad SMARTS) is 1. The van der Waals surface area contributed by atoms with Crippen LogP contribution >= 0.6 is 0 Å². The van der Waals surface area contributed by atoms with Gasteiger partial charge in [0, 0.05) is 6.42 Å². The minimum absolute atomic E-state index is 0.326. The Hall–Kier alpha value is -0.570. The van der Waals surface area contributed by atoms with E-state index >= 15 is 0 Å². The van der Waals surface area contributed by atoms with Gasteiger partial charge in [0.15, 0.2) is 0 Å². The fraction of sp³-hybridized carbons (Fsp3) is 0.938. The van der Waals surface area contributed by atoms with Crippen molar-refractivity contribution in [2.75, 3.05) is 13.1 Å². The van der Waals surface area contributed by atoms with Crippen molar-refractivity contribution < 1.29 is 9.90 Å². The molecule has 0 saturated carbocycles. The molecule has 0 unspecified atom stereocenters. The average Bonchev–Trinajstić information content (AvgIpc) is 2.35. The lowest BCUT2D eigenvalue weighted by Crippen LogP contribution is -2.15. The van der Waals surface area contributed by atoms with Crippen LogP contribution in [0, 0.1) is 5.92 Å². The molecule has 0 aliphatic heterocycles. The minimum Gasteiger partial charge on any atom is -0.481 e. The third-order valence-corrected chi connectivity index (χ3v) is 2.84. The predicted molar refractivity (Wildman–Crippen MR) is 83.6 cm³/mol. The van der Waals surface area contributed by atoms with Crippen LogP contribution in [0.25, 0.3) is 0 Å². The summed E-state index contributed by atoms with van der Waals surface area (Å²) in [6, 6.07) is 0. The van der Waals surface area contributed by atoms with Gasteiger partial charge in [0.05, 0.1) is 0 Å². The van der Waals surface area contributed by atoms with Crippen molar-refractivity contribution in [1.82, 2.24) is 5.32 Å². The summed E-state index contributed by atoms with van der Waals surface area (Å²) in [6.45, 7) is 11.2. The van der Waals surface area contributed by atoms with Gasteiger partial charge in [0.2, 0.25) is 0 Å². The summed E-state index contributed by atoms with van der Waals surface area (Å²) in [5.74, 6) is 0.0255. The van der Waals surface area contributed by atoms with Crippen LogP contribution in [0.1, 0.15) is 79.1 Å². The highest BCUT2D eigenvalue weighted by Crippen LogP contribution is 2.07. The van der Waals surface area contributed by atoms with Crippen molar-refractivity contribution in [3.05, 3.63) is 0 Å². The lowest BCUT2D eigenvalue weighted by atomic mass is 10.1. The smallest absolute Gasteiger partial charge is 0.303 e. The standard InChI is InChI=1S/C8H19N.C8H16O2/c1-3-5-7-9-8-6-4-2;1-7(2)5-3-4-6-8(9)10/h9H,3-8H2,1-2H3;7H,3-6H2,1-2H3,(H,9,10). The lowest BCUT2D eigenvalue weighted by molar-refractivity contribution is -0.137. The van der Waals surface area contributed by atoms with E-state index in [1.165, 1.54) is 38.8 Å². The molecule has 0 atom stereocenters. The monoisotopic (exact) mass is 273 g/mol. The number of carbonyl (C=O) groups is 1. The predicted octanol–water partition coefficient (Wildman–Crippen LogP) is 4.46. The molecule has 0 saturated heterocycles. The van der Waals surface area contributed by atoms with E-state index < -0.39 is 5.97 Å². The molecule has 0 amide bonds. The maximum Gasteiger partial charge on any atom is 0.303 e. The van der Waals surface area contributed by atoms with Crippen LogP contribution in [-0.2, 0) is 4.79 Å². The zero-order valence-corrected chi connectivity index (χ0v) is 13.5. The number of aliphatic carboxylic acids is 1. The van der Waals surface area contributed by atoms with Crippen molar-refractivity contribution in [1.29, 1.82) is 0 Å². The summed E-state index contributed by atoms with van der Waals surface area (Å²) in [6.07, 6.45) is 8.60.